The number of amides is 2. The van der Waals surface area contributed by atoms with E-state index in [2.05, 4.69) is 30.3 Å². The number of sulfonamides is 1. The molecule has 0 unspecified atom stereocenters. The number of hydrogen-bond donors (Lipinski definition) is 2. The Morgan fingerprint density at radius 3 is 2.36 bits per heavy atom. The van der Waals surface area contributed by atoms with E-state index in [0.717, 1.165) is 12.7 Å². The van der Waals surface area contributed by atoms with Gasteiger partial charge in [0.1, 0.15) is 24.8 Å². The topological polar surface area (TPSA) is 152 Å². The van der Waals surface area contributed by atoms with E-state index in [9.17, 15) is 18.0 Å². The number of anilines is 2. The molecule has 2 amide bonds. The Balaban J connectivity index is 1.34. The van der Waals surface area contributed by atoms with Gasteiger partial charge in [0, 0.05) is 37.7 Å². The molecule has 0 spiro atoms. The van der Waals surface area contributed by atoms with Crippen LogP contribution in [0.3, 0.4) is 0 Å². The van der Waals surface area contributed by atoms with Crippen LogP contribution in [0.1, 0.15) is 19.8 Å². The van der Waals surface area contributed by atoms with Crippen molar-refractivity contribution >= 4 is 33.3 Å². The van der Waals surface area contributed by atoms with E-state index in [1.54, 1.807) is 11.0 Å². The summed E-state index contributed by atoms with van der Waals surface area (Å²) in [5.74, 6) is 0.390. The number of carbonyl (C=O) groups is 2. The van der Waals surface area contributed by atoms with Crippen LogP contribution < -0.4 is 14.9 Å². The van der Waals surface area contributed by atoms with E-state index < -0.39 is 15.9 Å². The van der Waals surface area contributed by atoms with Crippen molar-refractivity contribution in [2.24, 2.45) is 5.92 Å². The summed E-state index contributed by atoms with van der Waals surface area (Å²) in [6.07, 6.45) is 5.75. The lowest BCUT2D eigenvalue weighted by Crippen LogP contribution is -2.38. The van der Waals surface area contributed by atoms with E-state index in [1.165, 1.54) is 36.9 Å². The average molecular weight is 471 g/mol. The number of aromatic nitrogens is 5. The number of nitrogens with zero attached hydrogens (tertiary/aromatic N) is 6. The van der Waals surface area contributed by atoms with E-state index in [-0.39, 0.29) is 16.7 Å². The maximum atomic E-state index is 12.7. The summed E-state index contributed by atoms with van der Waals surface area (Å²) in [6.45, 7) is 2.43. The highest BCUT2D eigenvalue weighted by Crippen LogP contribution is 2.24. The molecule has 13 heteroatoms. The number of piperidine rings is 1. The SMILES string of the molecule is CC(=O)NS(=O)(=O)c1ccc(NC(=O)C2CCN(c3cc(-n4cncn4)ncn3)CC2)cc1. The minimum Gasteiger partial charge on any atom is -0.356 e. The molecule has 0 atom stereocenters. The highest BCUT2D eigenvalue weighted by atomic mass is 32.2. The van der Waals surface area contributed by atoms with Crippen LogP contribution >= 0.6 is 0 Å². The number of hydrogen-bond acceptors (Lipinski definition) is 9. The second-order valence-electron chi connectivity index (χ2n) is 7.51. The van der Waals surface area contributed by atoms with Crippen molar-refractivity contribution in [3.05, 3.63) is 49.3 Å². The summed E-state index contributed by atoms with van der Waals surface area (Å²) in [7, 11) is -3.91. The van der Waals surface area contributed by atoms with Gasteiger partial charge in [0.25, 0.3) is 10.0 Å². The van der Waals surface area contributed by atoms with Gasteiger partial charge in [-0.05, 0) is 37.1 Å². The Labute approximate surface area is 190 Å². The van der Waals surface area contributed by atoms with E-state index in [4.69, 9.17) is 0 Å². The zero-order chi connectivity index (χ0) is 23.4. The molecule has 1 aromatic carbocycles. The Hall–Kier alpha value is -3.87. The number of nitrogens with one attached hydrogen (secondary N) is 2. The highest BCUT2D eigenvalue weighted by molar-refractivity contribution is 7.90. The zero-order valence-electron chi connectivity index (χ0n) is 17.7. The van der Waals surface area contributed by atoms with Crippen molar-refractivity contribution in [3.8, 4) is 5.82 Å². The van der Waals surface area contributed by atoms with Gasteiger partial charge in [0.2, 0.25) is 11.8 Å². The van der Waals surface area contributed by atoms with Gasteiger partial charge >= 0.3 is 0 Å². The molecule has 1 saturated heterocycles. The molecule has 172 valence electrons. The molecule has 4 rings (SSSR count). The summed E-state index contributed by atoms with van der Waals surface area (Å²) in [5, 5.41) is 6.90. The molecule has 3 heterocycles. The molecule has 1 aliphatic heterocycles. The zero-order valence-corrected chi connectivity index (χ0v) is 18.6. The summed E-state index contributed by atoms with van der Waals surface area (Å²) >= 11 is 0. The lowest BCUT2D eigenvalue weighted by atomic mass is 9.96. The molecule has 1 aliphatic rings. The summed E-state index contributed by atoms with van der Waals surface area (Å²) in [6, 6.07) is 7.49. The Morgan fingerprint density at radius 1 is 1.03 bits per heavy atom. The maximum Gasteiger partial charge on any atom is 0.264 e. The Morgan fingerprint density at radius 2 is 1.73 bits per heavy atom. The number of benzene rings is 1. The average Bonchev–Trinajstić information content (AvgIpc) is 3.34. The van der Waals surface area contributed by atoms with E-state index in [0.29, 0.717) is 37.4 Å². The lowest BCUT2D eigenvalue weighted by Gasteiger charge is -2.32. The third kappa shape index (κ3) is 5.31. The first-order chi connectivity index (χ1) is 15.8. The summed E-state index contributed by atoms with van der Waals surface area (Å²) < 4.78 is 27.5. The molecule has 0 aliphatic carbocycles. The molecule has 0 radical (unpaired) electrons. The first kappa shape index (κ1) is 22.3. The van der Waals surface area contributed by atoms with Crippen molar-refractivity contribution in [3.63, 3.8) is 0 Å². The molecule has 12 nitrogen and oxygen atoms in total. The Kier molecular flexibility index (Phi) is 6.31. The van der Waals surface area contributed by atoms with Crippen LogP contribution in [0.5, 0.6) is 0 Å². The fraction of sp³-hybridized carbons (Fsp3) is 0.300. The predicted molar refractivity (Wildman–Crippen MR) is 118 cm³/mol. The number of carbonyl (C=O) groups excluding carboxylic acids is 2. The molecule has 33 heavy (non-hydrogen) atoms. The van der Waals surface area contributed by atoms with E-state index >= 15 is 0 Å². The molecule has 2 aromatic heterocycles. The van der Waals surface area contributed by atoms with Crippen molar-refractivity contribution in [2.75, 3.05) is 23.3 Å². The first-order valence-corrected chi connectivity index (χ1v) is 11.7. The van der Waals surface area contributed by atoms with Crippen molar-refractivity contribution in [1.82, 2.24) is 29.5 Å². The van der Waals surface area contributed by atoms with Crippen LogP contribution in [0.4, 0.5) is 11.5 Å². The maximum absolute atomic E-state index is 12.7. The minimum absolute atomic E-state index is 0.0564. The van der Waals surface area contributed by atoms with Crippen molar-refractivity contribution in [1.29, 1.82) is 0 Å². The normalized spacial score (nSPS) is 14.6. The monoisotopic (exact) mass is 470 g/mol. The molecule has 2 N–H and O–H groups in total. The van der Waals surface area contributed by atoms with Gasteiger partial charge in [-0.2, -0.15) is 5.10 Å². The third-order valence-corrected chi connectivity index (χ3v) is 6.64. The lowest BCUT2D eigenvalue weighted by molar-refractivity contribution is -0.120. The Bertz CT molecular complexity index is 1240. The molecule has 1 fully saturated rings. The smallest absolute Gasteiger partial charge is 0.264 e. The van der Waals surface area contributed by atoms with E-state index in [1.807, 2.05) is 10.8 Å². The molecule has 0 bridgehead atoms. The second-order valence-corrected chi connectivity index (χ2v) is 9.19. The van der Waals surface area contributed by atoms with Crippen LogP contribution in [0.2, 0.25) is 0 Å². The fourth-order valence-electron chi connectivity index (χ4n) is 3.54. The third-order valence-electron chi connectivity index (χ3n) is 5.19. The van der Waals surface area contributed by atoms with Gasteiger partial charge in [-0.1, -0.05) is 0 Å². The van der Waals surface area contributed by atoms with Gasteiger partial charge < -0.3 is 10.2 Å². The molecular weight excluding hydrogens is 448 g/mol. The minimum atomic E-state index is -3.91. The second kappa shape index (κ2) is 9.32. The summed E-state index contributed by atoms with van der Waals surface area (Å²) in [5.41, 5.74) is 0.484. The summed E-state index contributed by atoms with van der Waals surface area (Å²) in [4.78, 5) is 38.2. The van der Waals surface area contributed by atoms with Gasteiger partial charge in [0.05, 0.1) is 4.90 Å². The van der Waals surface area contributed by atoms with Gasteiger partial charge in [-0.25, -0.2) is 32.8 Å². The molecule has 0 saturated carbocycles. The highest BCUT2D eigenvalue weighted by Gasteiger charge is 2.26. The first-order valence-electron chi connectivity index (χ1n) is 10.2. The van der Waals surface area contributed by atoms with Crippen molar-refractivity contribution in [2.45, 2.75) is 24.7 Å². The van der Waals surface area contributed by atoms with Crippen LogP contribution in [0, 0.1) is 5.92 Å². The quantitative estimate of drug-likeness (QED) is 0.531. The molecule has 3 aromatic rings. The van der Waals surface area contributed by atoms with Gasteiger partial charge in [-0.15, -0.1) is 0 Å². The van der Waals surface area contributed by atoms with Crippen LogP contribution in [0.25, 0.3) is 5.82 Å². The fourth-order valence-corrected chi connectivity index (χ4v) is 4.53. The standard InChI is InChI=1S/C20H22N8O4S/c1-14(29)26-33(31,32)17-4-2-16(3-5-17)25-20(30)15-6-8-27(9-7-15)18-10-19(23-12-22-18)28-13-21-11-24-28/h2-5,10-13,15H,6-9H2,1H3,(H,25,30)(H,26,29). The number of rotatable bonds is 6. The van der Waals surface area contributed by atoms with Crippen molar-refractivity contribution < 1.29 is 18.0 Å². The van der Waals surface area contributed by atoms with Crippen LogP contribution in [-0.2, 0) is 19.6 Å². The van der Waals surface area contributed by atoms with Crippen LogP contribution in [0.15, 0.2) is 54.2 Å². The molecular formula is C20H22N8O4S. The van der Waals surface area contributed by atoms with Gasteiger partial charge in [-0.3, -0.25) is 9.59 Å². The van der Waals surface area contributed by atoms with Gasteiger partial charge in [0.15, 0.2) is 5.82 Å². The predicted octanol–water partition coefficient (Wildman–Crippen LogP) is 0.737. The van der Waals surface area contributed by atoms with Crippen LogP contribution in [-0.4, -0.2) is 58.1 Å². The largest absolute Gasteiger partial charge is 0.356 e.